The van der Waals surface area contributed by atoms with Gasteiger partial charge in [-0.3, -0.25) is 0 Å². The molecule has 0 amide bonds. The Bertz CT molecular complexity index is 78.0. The monoisotopic (exact) mass is 140 g/mol. The predicted octanol–water partition coefficient (Wildman–Crippen LogP) is 3.78. The summed E-state index contributed by atoms with van der Waals surface area (Å²) >= 11 is 0. The Hall–Kier alpha value is -0.260. The van der Waals surface area contributed by atoms with Crippen LogP contribution in [0.2, 0.25) is 0 Å². The first-order chi connectivity index (χ1) is 4.85. The van der Waals surface area contributed by atoms with Crippen LogP contribution in [0.25, 0.3) is 0 Å². The molecule has 0 atom stereocenters. The summed E-state index contributed by atoms with van der Waals surface area (Å²) in [5, 5.41) is 0. The summed E-state index contributed by atoms with van der Waals surface area (Å²) in [6.07, 6.45) is 9.69. The maximum atomic E-state index is 2.32. The third kappa shape index (κ3) is 4.60. The van der Waals surface area contributed by atoms with Crippen LogP contribution >= 0.6 is 0 Å². The molecule has 0 bridgehead atoms. The number of rotatable bonds is 5. The Morgan fingerprint density at radius 1 is 1.00 bits per heavy atom. The fourth-order valence-corrected chi connectivity index (χ4v) is 1.08. The molecule has 0 spiro atoms. The van der Waals surface area contributed by atoms with E-state index in [-0.39, 0.29) is 0 Å². The zero-order chi connectivity index (χ0) is 7.82. The van der Waals surface area contributed by atoms with Gasteiger partial charge in [-0.25, -0.2) is 0 Å². The second-order valence-electron chi connectivity index (χ2n) is 2.80. The Morgan fingerprint density at radius 3 is 2.00 bits per heavy atom. The van der Waals surface area contributed by atoms with Crippen LogP contribution in [0.3, 0.4) is 0 Å². The zero-order valence-electron chi connectivity index (χ0n) is 7.56. The van der Waals surface area contributed by atoms with Crippen molar-refractivity contribution in [2.24, 2.45) is 5.92 Å². The Morgan fingerprint density at radius 2 is 1.60 bits per heavy atom. The van der Waals surface area contributed by atoms with Gasteiger partial charge in [0.05, 0.1) is 0 Å². The van der Waals surface area contributed by atoms with Crippen molar-refractivity contribution in [1.82, 2.24) is 0 Å². The van der Waals surface area contributed by atoms with Crippen molar-refractivity contribution >= 4 is 0 Å². The van der Waals surface area contributed by atoms with Gasteiger partial charge in [0, 0.05) is 0 Å². The summed E-state index contributed by atoms with van der Waals surface area (Å²) in [7, 11) is 0. The molecule has 0 aliphatic rings. The molecule has 0 radical (unpaired) electrons. The van der Waals surface area contributed by atoms with Crippen LogP contribution < -0.4 is 0 Å². The van der Waals surface area contributed by atoms with E-state index in [9.17, 15) is 0 Å². The van der Waals surface area contributed by atoms with Gasteiger partial charge in [-0.2, -0.15) is 0 Å². The van der Waals surface area contributed by atoms with Crippen molar-refractivity contribution in [1.29, 1.82) is 0 Å². The van der Waals surface area contributed by atoms with Crippen LogP contribution in [0.4, 0.5) is 0 Å². The summed E-state index contributed by atoms with van der Waals surface area (Å²) in [5.74, 6) is 0.919. The van der Waals surface area contributed by atoms with E-state index in [2.05, 4.69) is 32.9 Å². The maximum absolute atomic E-state index is 2.32. The van der Waals surface area contributed by atoms with Crippen molar-refractivity contribution in [2.45, 2.75) is 46.5 Å². The highest BCUT2D eigenvalue weighted by Gasteiger charge is 1.98. The van der Waals surface area contributed by atoms with E-state index in [4.69, 9.17) is 0 Å². The molecule has 60 valence electrons. The first kappa shape index (κ1) is 9.74. The second kappa shape index (κ2) is 6.85. The lowest BCUT2D eigenvalue weighted by Gasteiger charge is -2.07. The van der Waals surface area contributed by atoms with Crippen LogP contribution in [-0.4, -0.2) is 0 Å². The molecular weight excluding hydrogens is 120 g/mol. The van der Waals surface area contributed by atoms with Gasteiger partial charge in [-0.05, 0) is 18.8 Å². The lowest BCUT2D eigenvalue weighted by atomic mass is 9.99. The summed E-state index contributed by atoms with van der Waals surface area (Å²) in [4.78, 5) is 0. The van der Waals surface area contributed by atoms with Crippen molar-refractivity contribution < 1.29 is 0 Å². The van der Waals surface area contributed by atoms with Gasteiger partial charge in [0.1, 0.15) is 0 Å². The molecule has 0 heteroatoms. The van der Waals surface area contributed by atoms with Crippen molar-refractivity contribution in [3.05, 3.63) is 12.2 Å². The molecule has 0 aliphatic heterocycles. The molecule has 0 aromatic rings. The third-order valence-corrected chi connectivity index (χ3v) is 2.03. The minimum atomic E-state index is 0.919. The molecule has 0 saturated heterocycles. The maximum Gasteiger partial charge on any atom is -0.0322 e. The molecular formula is C10H20. The normalized spacial score (nSPS) is 11.6. The Balaban J connectivity index is 3.34. The topological polar surface area (TPSA) is 0 Å². The molecule has 0 rings (SSSR count). The first-order valence-corrected chi connectivity index (χ1v) is 4.50. The van der Waals surface area contributed by atoms with E-state index < -0.39 is 0 Å². The van der Waals surface area contributed by atoms with Crippen molar-refractivity contribution in [3.8, 4) is 0 Å². The molecule has 0 unspecified atom stereocenters. The van der Waals surface area contributed by atoms with Crippen LogP contribution in [-0.2, 0) is 0 Å². The predicted molar refractivity (Wildman–Crippen MR) is 48.1 cm³/mol. The van der Waals surface area contributed by atoms with Gasteiger partial charge < -0.3 is 0 Å². The van der Waals surface area contributed by atoms with E-state index >= 15 is 0 Å². The quantitative estimate of drug-likeness (QED) is 0.510. The molecule has 0 heterocycles. The zero-order valence-corrected chi connectivity index (χ0v) is 7.56. The lowest BCUT2D eigenvalue weighted by molar-refractivity contribution is 0.499. The molecule has 0 N–H and O–H groups in total. The summed E-state index contributed by atoms with van der Waals surface area (Å²) < 4.78 is 0. The second-order valence-corrected chi connectivity index (χ2v) is 2.80. The summed E-state index contributed by atoms with van der Waals surface area (Å²) in [6, 6.07) is 0. The largest absolute Gasteiger partial charge is 0.0888 e. The molecule has 10 heavy (non-hydrogen) atoms. The number of allylic oxidation sites excluding steroid dienone is 2. The van der Waals surface area contributed by atoms with E-state index in [1.165, 1.54) is 25.7 Å². The minimum absolute atomic E-state index is 0.919. The van der Waals surface area contributed by atoms with E-state index in [0.29, 0.717) is 0 Å². The molecule has 0 aromatic carbocycles. The Labute approximate surface area is 65.3 Å². The van der Waals surface area contributed by atoms with Gasteiger partial charge in [0.15, 0.2) is 0 Å². The van der Waals surface area contributed by atoms with Crippen LogP contribution in [0, 0.1) is 5.92 Å². The lowest BCUT2D eigenvalue weighted by Crippen LogP contribution is -1.93. The van der Waals surface area contributed by atoms with Gasteiger partial charge in [0.2, 0.25) is 0 Å². The Kier molecular flexibility index (Phi) is 6.68. The summed E-state index contributed by atoms with van der Waals surface area (Å²) in [5.41, 5.74) is 0. The average molecular weight is 140 g/mol. The van der Waals surface area contributed by atoms with Crippen LogP contribution in [0.1, 0.15) is 46.5 Å². The highest BCUT2D eigenvalue weighted by molar-refractivity contribution is 4.82. The van der Waals surface area contributed by atoms with Gasteiger partial charge in [-0.15, -0.1) is 0 Å². The molecule has 0 aliphatic carbocycles. The van der Waals surface area contributed by atoms with E-state index in [1.807, 2.05) is 0 Å². The number of hydrogen-bond donors (Lipinski definition) is 0. The summed E-state index contributed by atoms with van der Waals surface area (Å²) in [6.45, 7) is 6.73. The standard InChI is InChI=1S/C10H20/c1-4-7-8-9-10(5-2)6-3/h7-8,10H,4-6,9H2,1-3H3. The first-order valence-electron chi connectivity index (χ1n) is 4.50. The molecule has 0 saturated carbocycles. The average Bonchev–Trinajstić information content (AvgIpc) is 1.99. The van der Waals surface area contributed by atoms with Crippen molar-refractivity contribution in [3.63, 3.8) is 0 Å². The van der Waals surface area contributed by atoms with Gasteiger partial charge >= 0.3 is 0 Å². The van der Waals surface area contributed by atoms with Crippen LogP contribution in [0.5, 0.6) is 0 Å². The van der Waals surface area contributed by atoms with Gasteiger partial charge in [-0.1, -0.05) is 45.8 Å². The highest BCUT2D eigenvalue weighted by Crippen LogP contribution is 2.12. The fraction of sp³-hybridized carbons (Fsp3) is 0.800. The van der Waals surface area contributed by atoms with Crippen LogP contribution in [0.15, 0.2) is 12.2 Å². The number of hydrogen-bond acceptors (Lipinski definition) is 0. The molecule has 0 fully saturated rings. The van der Waals surface area contributed by atoms with E-state index in [1.54, 1.807) is 0 Å². The molecule has 0 nitrogen and oxygen atoms in total. The smallest absolute Gasteiger partial charge is 0.0322 e. The van der Waals surface area contributed by atoms with Gasteiger partial charge in [0.25, 0.3) is 0 Å². The van der Waals surface area contributed by atoms with Crippen molar-refractivity contribution in [2.75, 3.05) is 0 Å². The SMILES string of the molecule is CCC=CCC(CC)CC. The minimum Gasteiger partial charge on any atom is -0.0888 e. The fourth-order valence-electron chi connectivity index (χ4n) is 1.08. The van der Waals surface area contributed by atoms with E-state index in [0.717, 1.165) is 5.92 Å². The highest BCUT2D eigenvalue weighted by atomic mass is 14.0. The third-order valence-electron chi connectivity index (χ3n) is 2.03. The molecule has 0 aromatic heterocycles.